The van der Waals surface area contributed by atoms with Crippen LogP contribution in [0, 0.1) is 0 Å². The van der Waals surface area contributed by atoms with Gasteiger partial charge in [0.05, 0.1) is 17.3 Å². The number of Topliss-reactive ketones (excluding diaryl/α,β-unsaturated/α-hetero) is 1. The van der Waals surface area contributed by atoms with E-state index in [-0.39, 0.29) is 22.6 Å². The second-order valence-corrected chi connectivity index (χ2v) is 4.26. The Labute approximate surface area is 104 Å². The Morgan fingerprint density at radius 2 is 2.00 bits per heavy atom. The number of anilines is 1. The summed E-state index contributed by atoms with van der Waals surface area (Å²) in [6, 6.07) is 3.68. The minimum atomic E-state index is -1.17. The average Bonchev–Trinajstić information content (AvgIpc) is 2.74. The van der Waals surface area contributed by atoms with Crippen molar-refractivity contribution in [2.24, 2.45) is 0 Å². The van der Waals surface area contributed by atoms with Crippen molar-refractivity contribution in [1.82, 2.24) is 5.06 Å². The summed E-state index contributed by atoms with van der Waals surface area (Å²) in [6.07, 6.45) is 1.28. The van der Waals surface area contributed by atoms with Crippen molar-refractivity contribution in [1.29, 1.82) is 0 Å². The van der Waals surface area contributed by atoms with Gasteiger partial charge in [-0.25, -0.2) is 4.79 Å². The third kappa shape index (κ3) is 2.07. The minimum Gasteiger partial charge on any atom is -0.478 e. The van der Waals surface area contributed by atoms with Gasteiger partial charge < -0.3 is 16.0 Å². The molecule has 1 heterocycles. The lowest BCUT2D eigenvalue weighted by Crippen LogP contribution is -2.34. The van der Waals surface area contributed by atoms with Crippen LogP contribution in [0.4, 0.5) is 5.69 Å². The summed E-state index contributed by atoms with van der Waals surface area (Å²) in [6.45, 7) is 0.439. The number of hydrogen-bond donors (Lipinski definition) is 3. The van der Waals surface area contributed by atoms with E-state index in [0.29, 0.717) is 13.0 Å². The summed E-state index contributed by atoms with van der Waals surface area (Å²) in [7, 11) is 0. The molecule has 1 fully saturated rings. The molecule has 0 aliphatic carbocycles. The monoisotopic (exact) mass is 250 g/mol. The van der Waals surface area contributed by atoms with E-state index in [0.717, 1.165) is 11.5 Å². The number of carbonyl (C=O) groups excluding carboxylic acids is 1. The Morgan fingerprint density at radius 3 is 2.56 bits per heavy atom. The minimum absolute atomic E-state index is 0.0460. The van der Waals surface area contributed by atoms with Gasteiger partial charge in [0.15, 0.2) is 5.78 Å². The first kappa shape index (κ1) is 12.5. The first-order valence-corrected chi connectivity index (χ1v) is 5.64. The normalized spacial score (nSPS) is 19.9. The highest BCUT2D eigenvalue weighted by atomic mass is 16.5. The highest BCUT2D eigenvalue weighted by Crippen LogP contribution is 2.24. The third-order valence-corrected chi connectivity index (χ3v) is 3.13. The number of carboxylic acid groups (broad SMARTS) is 1. The second-order valence-electron chi connectivity index (χ2n) is 4.26. The maximum absolute atomic E-state index is 12.2. The topological polar surface area (TPSA) is 104 Å². The van der Waals surface area contributed by atoms with Crippen molar-refractivity contribution in [2.75, 3.05) is 12.3 Å². The van der Waals surface area contributed by atoms with Gasteiger partial charge in [0, 0.05) is 12.1 Å². The Hall–Kier alpha value is -1.92. The molecule has 1 unspecified atom stereocenters. The number of para-hydroxylation sites is 1. The lowest BCUT2D eigenvalue weighted by Gasteiger charge is -2.17. The summed E-state index contributed by atoms with van der Waals surface area (Å²) in [5.41, 5.74) is 5.71. The van der Waals surface area contributed by atoms with E-state index in [1.807, 2.05) is 0 Å². The molecule has 0 bridgehead atoms. The van der Waals surface area contributed by atoms with Crippen molar-refractivity contribution in [3.63, 3.8) is 0 Å². The van der Waals surface area contributed by atoms with E-state index >= 15 is 0 Å². The smallest absolute Gasteiger partial charge is 0.337 e. The van der Waals surface area contributed by atoms with E-state index in [1.165, 1.54) is 18.2 Å². The van der Waals surface area contributed by atoms with Gasteiger partial charge in [0.25, 0.3) is 0 Å². The van der Waals surface area contributed by atoms with Gasteiger partial charge in [0.1, 0.15) is 0 Å². The molecule has 1 saturated heterocycles. The van der Waals surface area contributed by atoms with E-state index < -0.39 is 12.0 Å². The van der Waals surface area contributed by atoms with Crippen molar-refractivity contribution in [2.45, 2.75) is 18.9 Å². The maximum Gasteiger partial charge on any atom is 0.337 e. The molecule has 0 saturated carbocycles. The number of carbonyl (C=O) groups is 2. The molecule has 96 valence electrons. The summed E-state index contributed by atoms with van der Waals surface area (Å²) in [5, 5.41) is 19.5. The predicted octanol–water partition coefficient (Wildman–Crippen LogP) is 1.00. The number of rotatable bonds is 3. The molecule has 1 aromatic rings. The van der Waals surface area contributed by atoms with Gasteiger partial charge in [0.2, 0.25) is 0 Å². The van der Waals surface area contributed by atoms with E-state index in [1.54, 1.807) is 0 Å². The lowest BCUT2D eigenvalue weighted by molar-refractivity contribution is -0.0909. The molecule has 0 amide bonds. The van der Waals surface area contributed by atoms with Gasteiger partial charge in [-0.3, -0.25) is 4.79 Å². The quantitative estimate of drug-likeness (QED) is 0.546. The molecule has 0 spiro atoms. The molecule has 6 nitrogen and oxygen atoms in total. The molecule has 0 aromatic heterocycles. The van der Waals surface area contributed by atoms with Crippen LogP contribution in [0.15, 0.2) is 18.2 Å². The zero-order chi connectivity index (χ0) is 13.3. The molecule has 1 aliphatic heterocycles. The van der Waals surface area contributed by atoms with Gasteiger partial charge in [-0.05, 0) is 25.0 Å². The summed E-state index contributed by atoms with van der Waals surface area (Å²) in [4.78, 5) is 23.1. The Bertz CT molecular complexity index is 501. The Morgan fingerprint density at radius 1 is 1.33 bits per heavy atom. The molecule has 18 heavy (non-hydrogen) atoms. The Kier molecular flexibility index (Phi) is 3.31. The zero-order valence-electron chi connectivity index (χ0n) is 9.67. The van der Waals surface area contributed by atoms with Gasteiger partial charge >= 0.3 is 5.97 Å². The van der Waals surface area contributed by atoms with Crippen molar-refractivity contribution >= 4 is 17.4 Å². The fourth-order valence-electron chi connectivity index (χ4n) is 2.16. The van der Waals surface area contributed by atoms with Gasteiger partial charge in [-0.2, -0.15) is 5.06 Å². The van der Waals surface area contributed by atoms with Crippen LogP contribution in [-0.4, -0.2) is 39.7 Å². The third-order valence-electron chi connectivity index (χ3n) is 3.13. The highest BCUT2D eigenvalue weighted by Gasteiger charge is 2.31. The zero-order valence-corrected chi connectivity index (χ0v) is 9.67. The fourth-order valence-corrected chi connectivity index (χ4v) is 2.16. The maximum atomic E-state index is 12.2. The Balaban J connectivity index is 2.36. The molecule has 1 aromatic carbocycles. The van der Waals surface area contributed by atoms with E-state index in [2.05, 4.69) is 0 Å². The van der Waals surface area contributed by atoms with Crippen LogP contribution in [0.1, 0.15) is 33.6 Å². The first-order chi connectivity index (χ1) is 8.52. The van der Waals surface area contributed by atoms with Crippen LogP contribution in [0.2, 0.25) is 0 Å². The van der Waals surface area contributed by atoms with Crippen molar-refractivity contribution in [3.8, 4) is 0 Å². The largest absolute Gasteiger partial charge is 0.478 e. The van der Waals surface area contributed by atoms with Crippen LogP contribution in [0.5, 0.6) is 0 Å². The molecule has 2 rings (SSSR count). The molecule has 1 aliphatic rings. The summed E-state index contributed by atoms with van der Waals surface area (Å²) < 4.78 is 0. The number of ketones is 1. The van der Waals surface area contributed by atoms with Crippen LogP contribution in [0.25, 0.3) is 0 Å². The molecular formula is C12H14N2O4. The first-order valence-electron chi connectivity index (χ1n) is 5.64. The van der Waals surface area contributed by atoms with Crippen LogP contribution in [-0.2, 0) is 0 Å². The van der Waals surface area contributed by atoms with E-state index in [9.17, 15) is 14.8 Å². The SMILES string of the molecule is Nc1c(C(=O)O)cccc1C(=O)C1CCCN1O. The molecule has 4 N–H and O–H groups in total. The number of hydrogen-bond acceptors (Lipinski definition) is 5. The van der Waals surface area contributed by atoms with E-state index in [4.69, 9.17) is 10.8 Å². The highest BCUT2D eigenvalue weighted by molar-refractivity contribution is 6.08. The fraction of sp³-hybridized carbons (Fsp3) is 0.333. The second kappa shape index (κ2) is 4.75. The summed E-state index contributed by atoms with van der Waals surface area (Å²) >= 11 is 0. The number of carboxylic acids is 1. The van der Waals surface area contributed by atoms with Crippen LogP contribution >= 0.6 is 0 Å². The molecule has 6 heteroatoms. The van der Waals surface area contributed by atoms with Crippen molar-refractivity contribution < 1.29 is 19.9 Å². The van der Waals surface area contributed by atoms with Crippen LogP contribution < -0.4 is 5.73 Å². The standard InChI is InChI=1S/C12H14N2O4/c13-10-7(3-1-4-8(10)12(16)17)11(15)9-5-2-6-14(9)18/h1,3-4,9,18H,2,5-6,13H2,(H,16,17). The number of hydroxylamine groups is 2. The average molecular weight is 250 g/mol. The van der Waals surface area contributed by atoms with Crippen LogP contribution in [0.3, 0.4) is 0 Å². The molecular weight excluding hydrogens is 236 g/mol. The lowest BCUT2D eigenvalue weighted by atomic mass is 9.98. The molecule has 1 atom stereocenters. The predicted molar refractivity (Wildman–Crippen MR) is 63.7 cm³/mol. The number of aromatic carboxylic acids is 1. The summed E-state index contributed by atoms with van der Waals surface area (Å²) in [5.74, 6) is -1.51. The number of benzene rings is 1. The molecule has 0 radical (unpaired) electrons. The van der Waals surface area contributed by atoms with Crippen molar-refractivity contribution in [3.05, 3.63) is 29.3 Å². The van der Waals surface area contributed by atoms with Gasteiger partial charge in [-0.15, -0.1) is 0 Å². The number of nitrogens with two attached hydrogens (primary N) is 1. The number of nitrogens with zero attached hydrogens (tertiary/aromatic N) is 1. The number of nitrogen functional groups attached to an aromatic ring is 1. The van der Waals surface area contributed by atoms with Gasteiger partial charge in [-0.1, -0.05) is 6.07 Å².